The molecule has 0 bridgehead atoms. The van der Waals surface area contributed by atoms with Crippen molar-refractivity contribution in [1.29, 1.82) is 0 Å². The maximum atomic E-state index is 12.6. The fourth-order valence-corrected chi connectivity index (χ4v) is 2.91. The molecule has 19 heavy (non-hydrogen) atoms. The molecule has 1 aliphatic heterocycles. The van der Waals surface area contributed by atoms with Gasteiger partial charge in [0.1, 0.15) is 5.60 Å². The van der Waals surface area contributed by atoms with Crippen LogP contribution in [0.5, 0.6) is 0 Å². The maximum Gasteiger partial charge on any atom is 0.334 e. The van der Waals surface area contributed by atoms with Gasteiger partial charge in [-0.15, -0.1) is 0 Å². The topological polar surface area (TPSA) is 76.1 Å². The summed E-state index contributed by atoms with van der Waals surface area (Å²) in [4.78, 5) is 25.2. The first-order valence-electron chi connectivity index (χ1n) is 6.87. The third-order valence-electron chi connectivity index (χ3n) is 3.85. The number of carboxylic acid groups (broad SMARTS) is 1. The van der Waals surface area contributed by atoms with Crippen LogP contribution in [0, 0.1) is 0 Å². The lowest BCUT2D eigenvalue weighted by atomic mass is 9.99. The van der Waals surface area contributed by atoms with Crippen LogP contribution >= 0.6 is 0 Å². The third kappa shape index (κ3) is 2.90. The van der Waals surface area contributed by atoms with Crippen molar-refractivity contribution in [2.45, 2.75) is 44.3 Å². The number of rotatable bonds is 4. The first-order valence-corrected chi connectivity index (χ1v) is 6.87. The van der Waals surface area contributed by atoms with Gasteiger partial charge in [0.05, 0.1) is 13.2 Å². The normalized spacial score (nSPS) is 26.4. The van der Waals surface area contributed by atoms with Gasteiger partial charge in [-0.25, -0.2) is 4.79 Å². The molecule has 1 amide bonds. The van der Waals surface area contributed by atoms with Crippen LogP contribution in [0.4, 0.5) is 0 Å². The van der Waals surface area contributed by atoms with Gasteiger partial charge in [0.25, 0.3) is 5.91 Å². The Morgan fingerprint density at radius 1 is 1.42 bits per heavy atom. The van der Waals surface area contributed by atoms with Crippen molar-refractivity contribution >= 4 is 11.9 Å². The summed E-state index contributed by atoms with van der Waals surface area (Å²) in [7, 11) is 0. The van der Waals surface area contributed by atoms with Crippen LogP contribution < -0.4 is 0 Å². The predicted molar refractivity (Wildman–Crippen MR) is 66.8 cm³/mol. The molecule has 0 spiro atoms. The van der Waals surface area contributed by atoms with Crippen LogP contribution in [0.3, 0.4) is 0 Å². The molecule has 0 aromatic heterocycles. The number of amides is 1. The largest absolute Gasteiger partial charge is 0.479 e. The fraction of sp³-hybridized carbons (Fsp3) is 0.846. The number of ether oxygens (including phenoxy) is 2. The zero-order valence-corrected chi connectivity index (χ0v) is 11.3. The lowest BCUT2D eigenvalue weighted by Gasteiger charge is -2.37. The minimum Gasteiger partial charge on any atom is -0.479 e. The van der Waals surface area contributed by atoms with Gasteiger partial charge in [-0.3, -0.25) is 4.79 Å². The van der Waals surface area contributed by atoms with Gasteiger partial charge >= 0.3 is 5.97 Å². The Bertz CT molecular complexity index is 351. The zero-order chi connectivity index (χ0) is 13.9. The molecular weight excluding hydrogens is 250 g/mol. The molecule has 2 fully saturated rings. The maximum absolute atomic E-state index is 12.6. The van der Waals surface area contributed by atoms with Crippen LogP contribution in [0.2, 0.25) is 0 Å². The number of morpholine rings is 1. The SMILES string of the molecule is CCOC1(C(=O)N2CCOC(C(=O)O)C2)CCCC1. The number of hydrogen-bond acceptors (Lipinski definition) is 4. The first kappa shape index (κ1) is 14.3. The van der Waals surface area contributed by atoms with Crippen molar-refractivity contribution in [2.24, 2.45) is 0 Å². The van der Waals surface area contributed by atoms with E-state index in [0.29, 0.717) is 13.2 Å². The van der Waals surface area contributed by atoms with Gasteiger partial charge in [-0.1, -0.05) is 0 Å². The molecule has 1 heterocycles. The van der Waals surface area contributed by atoms with Crippen molar-refractivity contribution in [2.75, 3.05) is 26.3 Å². The van der Waals surface area contributed by atoms with E-state index in [1.54, 1.807) is 4.90 Å². The van der Waals surface area contributed by atoms with Crippen molar-refractivity contribution < 1.29 is 24.2 Å². The van der Waals surface area contributed by atoms with Crippen molar-refractivity contribution in [3.63, 3.8) is 0 Å². The van der Waals surface area contributed by atoms with Crippen LogP contribution in [0.15, 0.2) is 0 Å². The lowest BCUT2D eigenvalue weighted by molar-refractivity contribution is -0.170. The van der Waals surface area contributed by atoms with E-state index in [9.17, 15) is 9.59 Å². The van der Waals surface area contributed by atoms with Gasteiger partial charge in [0, 0.05) is 13.2 Å². The standard InChI is InChI=1S/C13H21NO5/c1-2-19-13(5-3-4-6-13)12(17)14-7-8-18-10(9-14)11(15)16/h10H,2-9H2,1H3,(H,15,16). The van der Waals surface area contributed by atoms with Gasteiger partial charge in [-0.05, 0) is 32.6 Å². The lowest BCUT2D eigenvalue weighted by Crippen LogP contribution is -2.56. The number of nitrogens with zero attached hydrogens (tertiary/aromatic N) is 1. The Morgan fingerprint density at radius 2 is 2.11 bits per heavy atom. The van der Waals surface area contributed by atoms with E-state index in [1.807, 2.05) is 6.92 Å². The van der Waals surface area contributed by atoms with Gasteiger partial charge in [-0.2, -0.15) is 0 Å². The van der Waals surface area contributed by atoms with E-state index >= 15 is 0 Å². The summed E-state index contributed by atoms with van der Waals surface area (Å²) in [6, 6.07) is 0. The number of aliphatic carboxylic acids is 1. The van der Waals surface area contributed by atoms with E-state index in [0.717, 1.165) is 25.7 Å². The van der Waals surface area contributed by atoms with Crippen molar-refractivity contribution in [3.8, 4) is 0 Å². The quantitative estimate of drug-likeness (QED) is 0.812. The Balaban J connectivity index is 2.07. The summed E-state index contributed by atoms with van der Waals surface area (Å²) in [5, 5.41) is 8.98. The molecule has 108 valence electrons. The summed E-state index contributed by atoms with van der Waals surface area (Å²) < 4.78 is 10.9. The number of carboxylic acids is 1. The third-order valence-corrected chi connectivity index (χ3v) is 3.85. The minimum absolute atomic E-state index is 0.0681. The van der Waals surface area contributed by atoms with E-state index in [2.05, 4.69) is 0 Å². The van der Waals surface area contributed by atoms with Gasteiger partial charge in [0.15, 0.2) is 6.10 Å². The monoisotopic (exact) mass is 271 g/mol. The second-order valence-corrected chi connectivity index (χ2v) is 5.08. The molecule has 1 saturated heterocycles. The second kappa shape index (κ2) is 5.88. The highest BCUT2D eigenvalue weighted by Gasteiger charge is 2.45. The number of hydrogen-bond donors (Lipinski definition) is 1. The number of carbonyl (C=O) groups excluding carboxylic acids is 1. The fourth-order valence-electron chi connectivity index (χ4n) is 2.91. The Labute approximate surface area is 112 Å². The molecule has 1 atom stereocenters. The molecule has 6 nitrogen and oxygen atoms in total. The molecule has 2 rings (SSSR count). The summed E-state index contributed by atoms with van der Waals surface area (Å²) in [6.07, 6.45) is 2.51. The van der Waals surface area contributed by atoms with Crippen molar-refractivity contribution in [3.05, 3.63) is 0 Å². The average molecular weight is 271 g/mol. The van der Waals surface area contributed by atoms with Gasteiger partial charge < -0.3 is 19.5 Å². The summed E-state index contributed by atoms with van der Waals surface area (Å²) in [6.45, 7) is 3.20. The molecule has 6 heteroatoms. The predicted octanol–water partition coefficient (Wildman–Crippen LogP) is 0.648. The molecule has 1 aliphatic carbocycles. The molecule has 1 N–H and O–H groups in total. The number of carbonyl (C=O) groups is 2. The smallest absolute Gasteiger partial charge is 0.334 e. The highest BCUT2D eigenvalue weighted by molar-refractivity contribution is 5.86. The van der Waals surface area contributed by atoms with E-state index < -0.39 is 17.7 Å². The summed E-state index contributed by atoms with van der Waals surface area (Å²) in [5.41, 5.74) is -0.727. The zero-order valence-electron chi connectivity index (χ0n) is 11.3. The Hall–Kier alpha value is -1.14. The molecular formula is C13H21NO5. The van der Waals surface area contributed by atoms with Crippen LogP contribution in [-0.2, 0) is 19.1 Å². The van der Waals surface area contributed by atoms with Crippen molar-refractivity contribution in [1.82, 2.24) is 4.90 Å². The molecule has 2 aliphatic rings. The highest BCUT2D eigenvalue weighted by Crippen LogP contribution is 2.35. The first-order chi connectivity index (χ1) is 9.09. The van der Waals surface area contributed by atoms with E-state index in [1.165, 1.54) is 0 Å². The molecule has 0 aromatic carbocycles. The highest BCUT2D eigenvalue weighted by atomic mass is 16.5. The van der Waals surface area contributed by atoms with E-state index in [4.69, 9.17) is 14.6 Å². The summed E-state index contributed by atoms with van der Waals surface area (Å²) >= 11 is 0. The van der Waals surface area contributed by atoms with E-state index in [-0.39, 0.29) is 19.1 Å². The molecule has 0 radical (unpaired) electrons. The van der Waals surface area contributed by atoms with Crippen LogP contribution in [0.1, 0.15) is 32.6 Å². The Morgan fingerprint density at radius 3 is 2.68 bits per heavy atom. The van der Waals surface area contributed by atoms with Gasteiger partial charge in [0.2, 0.25) is 0 Å². The van der Waals surface area contributed by atoms with Crippen LogP contribution in [0.25, 0.3) is 0 Å². The minimum atomic E-state index is -1.02. The average Bonchev–Trinajstić information content (AvgIpc) is 2.88. The van der Waals surface area contributed by atoms with Crippen LogP contribution in [-0.4, -0.2) is 59.9 Å². The summed E-state index contributed by atoms with van der Waals surface area (Å²) in [5.74, 6) is -1.09. The molecule has 0 aromatic rings. The Kier molecular flexibility index (Phi) is 4.42. The second-order valence-electron chi connectivity index (χ2n) is 5.08. The molecule has 1 unspecified atom stereocenters. The molecule has 1 saturated carbocycles.